The molecular formula is C13H14N2O2. The van der Waals surface area contributed by atoms with Crippen LogP contribution in [0.25, 0.3) is 0 Å². The van der Waals surface area contributed by atoms with Crippen molar-refractivity contribution in [2.24, 2.45) is 0 Å². The van der Waals surface area contributed by atoms with E-state index in [4.69, 9.17) is 4.74 Å². The summed E-state index contributed by atoms with van der Waals surface area (Å²) in [4.78, 5) is 15.8. The van der Waals surface area contributed by atoms with Gasteiger partial charge in [-0.1, -0.05) is 30.3 Å². The van der Waals surface area contributed by atoms with Gasteiger partial charge in [-0.25, -0.2) is 14.3 Å². The number of imidazole rings is 1. The Labute approximate surface area is 99.9 Å². The van der Waals surface area contributed by atoms with Crippen LogP contribution in [0.3, 0.4) is 0 Å². The van der Waals surface area contributed by atoms with Crippen LogP contribution in [0.5, 0.6) is 0 Å². The van der Waals surface area contributed by atoms with Crippen LogP contribution in [0, 0.1) is 13.8 Å². The van der Waals surface area contributed by atoms with Gasteiger partial charge in [-0.05, 0) is 19.4 Å². The maximum Gasteiger partial charge on any atom is 0.419 e. The fraction of sp³-hybridized carbons (Fsp3) is 0.231. The van der Waals surface area contributed by atoms with Crippen molar-refractivity contribution in [1.29, 1.82) is 0 Å². The molecule has 2 rings (SSSR count). The number of hydrogen-bond acceptors (Lipinski definition) is 3. The van der Waals surface area contributed by atoms with Crippen LogP contribution in [0.15, 0.2) is 36.7 Å². The van der Waals surface area contributed by atoms with E-state index in [-0.39, 0.29) is 6.61 Å². The van der Waals surface area contributed by atoms with Gasteiger partial charge in [0.25, 0.3) is 0 Å². The van der Waals surface area contributed by atoms with Gasteiger partial charge in [0, 0.05) is 5.69 Å². The monoisotopic (exact) mass is 230 g/mol. The lowest BCUT2D eigenvalue weighted by molar-refractivity contribution is 0.140. The molecule has 17 heavy (non-hydrogen) atoms. The zero-order chi connectivity index (χ0) is 12.3. The molecule has 4 heteroatoms. The smallest absolute Gasteiger partial charge is 0.419 e. The van der Waals surface area contributed by atoms with Gasteiger partial charge in [0.1, 0.15) is 12.9 Å². The molecule has 0 radical (unpaired) electrons. The van der Waals surface area contributed by atoms with Gasteiger partial charge in [0.2, 0.25) is 0 Å². The topological polar surface area (TPSA) is 44.1 Å². The third-order valence-electron chi connectivity index (χ3n) is 2.65. The highest BCUT2D eigenvalue weighted by Gasteiger charge is 2.11. The first-order chi connectivity index (χ1) is 8.18. The molecule has 88 valence electrons. The van der Waals surface area contributed by atoms with Crippen LogP contribution < -0.4 is 0 Å². The molecule has 0 saturated carbocycles. The van der Waals surface area contributed by atoms with E-state index in [9.17, 15) is 4.79 Å². The Morgan fingerprint density at radius 1 is 1.29 bits per heavy atom. The summed E-state index contributed by atoms with van der Waals surface area (Å²) >= 11 is 0. The molecule has 0 bridgehead atoms. The van der Waals surface area contributed by atoms with E-state index in [0.717, 1.165) is 17.0 Å². The average Bonchev–Trinajstić information content (AvgIpc) is 2.69. The van der Waals surface area contributed by atoms with Crippen molar-refractivity contribution >= 4 is 6.09 Å². The number of carbonyl (C=O) groups is 1. The Bertz CT molecular complexity index is 517. The number of carbonyl (C=O) groups excluding carboxylic acids is 1. The van der Waals surface area contributed by atoms with Gasteiger partial charge in [0.05, 0.1) is 5.69 Å². The standard InChI is InChI=1S/C13H14N2O2/c1-10-11(2)15(9-14-10)13(16)17-8-12-6-4-3-5-7-12/h3-7,9H,8H2,1-2H3. The Morgan fingerprint density at radius 2 is 2.00 bits per heavy atom. The zero-order valence-corrected chi connectivity index (χ0v) is 9.88. The van der Waals surface area contributed by atoms with E-state index in [0.29, 0.717) is 0 Å². The summed E-state index contributed by atoms with van der Waals surface area (Å²) in [6.07, 6.45) is 1.09. The van der Waals surface area contributed by atoms with Crippen LogP contribution in [-0.4, -0.2) is 15.6 Å². The molecule has 4 nitrogen and oxygen atoms in total. The van der Waals surface area contributed by atoms with Gasteiger partial charge in [-0.3, -0.25) is 0 Å². The number of hydrogen-bond donors (Lipinski definition) is 0. The highest BCUT2D eigenvalue weighted by molar-refractivity contribution is 5.71. The summed E-state index contributed by atoms with van der Waals surface area (Å²) in [5.41, 5.74) is 2.61. The summed E-state index contributed by atoms with van der Waals surface area (Å²) in [5.74, 6) is 0. The molecule has 0 saturated heterocycles. The molecule has 0 aliphatic carbocycles. The molecule has 0 unspecified atom stereocenters. The zero-order valence-electron chi connectivity index (χ0n) is 9.88. The van der Waals surface area contributed by atoms with E-state index < -0.39 is 6.09 Å². The van der Waals surface area contributed by atoms with Crippen molar-refractivity contribution < 1.29 is 9.53 Å². The molecular weight excluding hydrogens is 216 g/mol. The fourth-order valence-corrected chi connectivity index (χ4v) is 1.47. The first-order valence-electron chi connectivity index (χ1n) is 5.40. The van der Waals surface area contributed by atoms with Crippen molar-refractivity contribution in [3.63, 3.8) is 0 Å². The van der Waals surface area contributed by atoms with Gasteiger partial charge >= 0.3 is 6.09 Å². The molecule has 2 aromatic rings. The normalized spacial score (nSPS) is 10.2. The van der Waals surface area contributed by atoms with Gasteiger partial charge < -0.3 is 4.74 Å². The van der Waals surface area contributed by atoms with E-state index in [1.807, 2.05) is 44.2 Å². The quantitative estimate of drug-likeness (QED) is 0.796. The number of aromatic nitrogens is 2. The molecule has 0 aliphatic heterocycles. The molecule has 1 aromatic heterocycles. The van der Waals surface area contributed by atoms with E-state index in [1.54, 1.807) is 0 Å². The lowest BCUT2D eigenvalue weighted by Crippen LogP contribution is -2.14. The van der Waals surface area contributed by atoms with Crippen molar-refractivity contribution in [3.05, 3.63) is 53.6 Å². The maximum absolute atomic E-state index is 11.8. The summed E-state index contributed by atoms with van der Waals surface area (Å²) in [6, 6.07) is 9.58. The van der Waals surface area contributed by atoms with E-state index >= 15 is 0 Å². The first-order valence-corrected chi connectivity index (χ1v) is 5.40. The van der Waals surface area contributed by atoms with Crippen LogP contribution in [-0.2, 0) is 11.3 Å². The predicted molar refractivity (Wildman–Crippen MR) is 63.7 cm³/mol. The Kier molecular flexibility index (Phi) is 3.23. The second-order valence-electron chi connectivity index (χ2n) is 3.83. The molecule has 0 N–H and O–H groups in total. The molecule has 1 heterocycles. The molecule has 0 atom stereocenters. The average molecular weight is 230 g/mol. The van der Waals surface area contributed by atoms with Gasteiger partial charge in [-0.2, -0.15) is 0 Å². The van der Waals surface area contributed by atoms with Crippen LogP contribution in [0.4, 0.5) is 4.79 Å². The molecule has 0 amide bonds. The van der Waals surface area contributed by atoms with Crippen LogP contribution in [0.1, 0.15) is 17.0 Å². The molecule has 0 fully saturated rings. The molecule has 0 aliphatic rings. The van der Waals surface area contributed by atoms with E-state index in [2.05, 4.69) is 4.98 Å². The lowest BCUT2D eigenvalue weighted by atomic mass is 10.2. The van der Waals surface area contributed by atoms with Crippen molar-refractivity contribution in [1.82, 2.24) is 9.55 Å². The van der Waals surface area contributed by atoms with Crippen molar-refractivity contribution in [2.45, 2.75) is 20.5 Å². The Morgan fingerprint density at radius 3 is 2.59 bits per heavy atom. The number of benzene rings is 1. The van der Waals surface area contributed by atoms with Crippen LogP contribution in [0.2, 0.25) is 0 Å². The van der Waals surface area contributed by atoms with Crippen molar-refractivity contribution in [3.8, 4) is 0 Å². The SMILES string of the molecule is Cc1ncn(C(=O)OCc2ccccc2)c1C. The highest BCUT2D eigenvalue weighted by Crippen LogP contribution is 2.07. The first kappa shape index (κ1) is 11.4. The number of ether oxygens (including phenoxy) is 1. The number of nitrogens with zero attached hydrogens (tertiary/aromatic N) is 2. The maximum atomic E-state index is 11.8. The Hall–Kier alpha value is -2.10. The van der Waals surface area contributed by atoms with E-state index in [1.165, 1.54) is 10.9 Å². The number of aryl methyl sites for hydroxylation is 1. The predicted octanol–water partition coefficient (Wildman–Crippen LogP) is 2.68. The third kappa shape index (κ3) is 2.53. The third-order valence-corrected chi connectivity index (χ3v) is 2.65. The minimum atomic E-state index is -0.396. The van der Waals surface area contributed by atoms with Crippen LogP contribution >= 0.6 is 0 Å². The lowest BCUT2D eigenvalue weighted by Gasteiger charge is -2.06. The second-order valence-corrected chi connectivity index (χ2v) is 3.83. The number of rotatable bonds is 2. The highest BCUT2D eigenvalue weighted by atomic mass is 16.5. The largest absolute Gasteiger partial charge is 0.444 e. The molecule has 0 spiro atoms. The van der Waals surface area contributed by atoms with Gasteiger partial charge in [0.15, 0.2) is 0 Å². The fourth-order valence-electron chi connectivity index (χ4n) is 1.47. The van der Waals surface area contributed by atoms with Crippen molar-refractivity contribution in [2.75, 3.05) is 0 Å². The summed E-state index contributed by atoms with van der Waals surface area (Å²) < 4.78 is 6.61. The minimum Gasteiger partial charge on any atom is -0.444 e. The summed E-state index contributed by atoms with van der Waals surface area (Å²) in [6.45, 7) is 3.97. The molecule has 1 aromatic carbocycles. The second kappa shape index (κ2) is 4.82. The summed E-state index contributed by atoms with van der Waals surface area (Å²) in [7, 11) is 0. The minimum absolute atomic E-state index is 0.274. The van der Waals surface area contributed by atoms with Gasteiger partial charge in [-0.15, -0.1) is 0 Å². The Balaban J connectivity index is 2.01. The summed E-state index contributed by atoms with van der Waals surface area (Å²) in [5, 5.41) is 0.